The van der Waals surface area contributed by atoms with Crippen LogP contribution in [0.3, 0.4) is 0 Å². The predicted molar refractivity (Wildman–Crippen MR) is 53.8 cm³/mol. The number of rotatable bonds is 5. The van der Waals surface area contributed by atoms with Crippen molar-refractivity contribution in [3.63, 3.8) is 0 Å². The molecule has 0 atom stereocenters. The third-order valence-electron chi connectivity index (χ3n) is 2.02. The van der Waals surface area contributed by atoms with Gasteiger partial charge in [0.1, 0.15) is 0 Å². The summed E-state index contributed by atoms with van der Waals surface area (Å²) in [6.07, 6.45) is 1.49. The van der Waals surface area contributed by atoms with Gasteiger partial charge in [-0.05, 0) is 36.6 Å². The number of methoxy groups -OCH3 is 2. The Kier molecular flexibility index (Phi) is 4.26. The lowest BCUT2D eigenvalue weighted by Crippen LogP contribution is -1.97. The minimum Gasteiger partial charge on any atom is -0.493 e. The smallest absolute Gasteiger partial charge is 0.163 e. The van der Waals surface area contributed by atoms with Crippen LogP contribution in [-0.4, -0.2) is 25.9 Å². The number of aliphatic hydroxyl groups is 1. The molecular weight excluding hydrogens is 180 g/mol. The predicted octanol–water partition coefficient (Wildman–Crippen LogP) is 1.43. The molecule has 14 heavy (non-hydrogen) atoms. The van der Waals surface area contributed by atoms with Crippen molar-refractivity contribution in [3.05, 3.63) is 23.8 Å². The van der Waals surface area contributed by atoms with E-state index in [0.717, 1.165) is 24.2 Å². The van der Waals surface area contributed by atoms with Gasteiger partial charge in [-0.3, -0.25) is 0 Å². The zero-order valence-electron chi connectivity index (χ0n) is 8.54. The summed E-state index contributed by atoms with van der Waals surface area (Å²) in [6, 6.07) is 6.57. The minimum atomic E-state index is 0.181. The van der Waals surface area contributed by atoms with E-state index in [9.17, 15) is 0 Å². The highest BCUT2D eigenvalue weighted by Crippen LogP contribution is 2.30. The molecule has 3 nitrogen and oxygen atoms in total. The molecule has 0 saturated heterocycles. The van der Waals surface area contributed by atoms with E-state index in [2.05, 4.69) is 6.07 Å². The van der Waals surface area contributed by atoms with Gasteiger partial charge in [-0.1, -0.05) is 0 Å². The van der Waals surface area contributed by atoms with Crippen LogP contribution in [0.25, 0.3) is 0 Å². The SMILES string of the molecule is COc1c[c]cc(CCCO)c1OC. The van der Waals surface area contributed by atoms with Gasteiger partial charge < -0.3 is 14.6 Å². The van der Waals surface area contributed by atoms with E-state index in [-0.39, 0.29) is 6.61 Å². The van der Waals surface area contributed by atoms with Gasteiger partial charge in [0.05, 0.1) is 14.2 Å². The lowest BCUT2D eigenvalue weighted by Gasteiger charge is -2.11. The first-order valence-electron chi connectivity index (χ1n) is 4.55. The van der Waals surface area contributed by atoms with Crippen molar-refractivity contribution in [2.24, 2.45) is 0 Å². The number of ether oxygens (including phenoxy) is 2. The van der Waals surface area contributed by atoms with Crippen LogP contribution in [0, 0.1) is 6.07 Å². The number of aryl methyl sites for hydroxylation is 1. The lowest BCUT2D eigenvalue weighted by atomic mass is 10.1. The fourth-order valence-electron chi connectivity index (χ4n) is 1.35. The van der Waals surface area contributed by atoms with Crippen molar-refractivity contribution in [2.75, 3.05) is 20.8 Å². The van der Waals surface area contributed by atoms with Crippen LogP contribution >= 0.6 is 0 Å². The molecule has 1 N–H and O–H groups in total. The molecule has 3 heteroatoms. The summed E-state index contributed by atoms with van der Waals surface area (Å²) in [4.78, 5) is 0. The normalized spacial score (nSPS) is 9.93. The fourth-order valence-corrected chi connectivity index (χ4v) is 1.35. The molecule has 1 aromatic rings. The standard InChI is InChI=1S/C11H15O3/c1-13-10-7-3-5-9(6-4-8-12)11(10)14-2/h5,7,12H,4,6,8H2,1-2H3. The third kappa shape index (κ3) is 2.39. The minimum absolute atomic E-state index is 0.181. The van der Waals surface area contributed by atoms with Crippen molar-refractivity contribution < 1.29 is 14.6 Å². The van der Waals surface area contributed by atoms with Crippen LogP contribution in [0.15, 0.2) is 12.1 Å². The molecular formula is C11H15O3. The Hall–Kier alpha value is -1.22. The molecule has 0 bridgehead atoms. The van der Waals surface area contributed by atoms with Gasteiger partial charge in [0.25, 0.3) is 0 Å². The summed E-state index contributed by atoms with van der Waals surface area (Å²) < 4.78 is 10.4. The van der Waals surface area contributed by atoms with Crippen LogP contribution < -0.4 is 9.47 Å². The van der Waals surface area contributed by atoms with E-state index in [4.69, 9.17) is 14.6 Å². The summed E-state index contributed by atoms with van der Waals surface area (Å²) in [7, 11) is 3.21. The van der Waals surface area contributed by atoms with Crippen LogP contribution in [0.1, 0.15) is 12.0 Å². The molecule has 0 spiro atoms. The second-order valence-electron chi connectivity index (χ2n) is 2.91. The summed E-state index contributed by atoms with van der Waals surface area (Å²) in [5, 5.41) is 8.74. The van der Waals surface area contributed by atoms with Crippen LogP contribution in [0.5, 0.6) is 11.5 Å². The second kappa shape index (κ2) is 5.50. The first-order valence-corrected chi connectivity index (χ1v) is 4.55. The van der Waals surface area contributed by atoms with Gasteiger partial charge in [-0.15, -0.1) is 0 Å². The molecule has 1 aromatic carbocycles. The Labute approximate surface area is 84.3 Å². The van der Waals surface area contributed by atoms with E-state index in [0.29, 0.717) is 5.75 Å². The first kappa shape index (κ1) is 10.9. The number of aliphatic hydroxyl groups excluding tert-OH is 1. The van der Waals surface area contributed by atoms with Gasteiger partial charge in [-0.25, -0.2) is 0 Å². The number of hydrogen-bond acceptors (Lipinski definition) is 3. The Morgan fingerprint density at radius 3 is 2.64 bits per heavy atom. The first-order chi connectivity index (χ1) is 6.83. The molecule has 0 aliphatic heterocycles. The highest BCUT2D eigenvalue weighted by atomic mass is 16.5. The van der Waals surface area contributed by atoms with Gasteiger partial charge in [0, 0.05) is 6.61 Å². The summed E-state index contributed by atoms with van der Waals surface area (Å²) in [5.41, 5.74) is 1.01. The van der Waals surface area contributed by atoms with Crippen molar-refractivity contribution in [1.82, 2.24) is 0 Å². The molecule has 0 aromatic heterocycles. The molecule has 0 aliphatic rings. The Balaban J connectivity index is 2.90. The second-order valence-corrected chi connectivity index (χ2v) is 2.91. The van der Waals surface area contributed by atoms with Gasteiger partial charge in [0.15, 0.2) is 11.5 Å². The van der Waals surface area contributed by atoms with E-state index >= 15 is 0 Å². The number of benzene rings is 1. The zero-order chi connectivity index (χ0) is 10.4. The molecule has 77 valence electrons. The molecule has 0 saturated carbocycles. The quantitative estimate of drug-likeness (QED) is 0.772. The lowest BCUT2D eigenvalue weighted by molar-refractivity contribution is 0.287. The number of hydrogen-bond donors (Lipinski definition) is 1. The van der Waals surface area contributed by atoms with E-state index in [1.54, 1.807) is 20.3 Å². The highest BCUT2D eigenvalue weighted by Gasteiger charge is 2.08. The topological polar surface area (TPSA) is 38.7 Å². The van der Waals surface area contributed by atoms with Crippen molar-refractivity contribution in [2.45, 2.75) is 12.8 Å². The van der Waals surface area contributed by atoms with Crippen LogP contribution in [-0.2, 0) is 6.42 Å². The molecule has 0 aliphatic carbocycles. The highest BCUT2D eigenvalue weighted by molar-refractivity contribution is 5.46. The average molecular weight is 195 g/mol. The van der Waals surface area contributed by atoms with E-state index in [1.165, 1.54) is 0 Å². The van der Waals surface area contributed by atoms with Gasteiger partial charge in [-0.2, -0.15) is 0 Å². The van der Waals surface area contributed by atoms with E-state index < -0.39 is 0 Å². The molecule has 1 radical (unpaired) electrons. The average Bonchev–Trinajstić information content (AvgIpc) is 2.25. The van der Waals surface area contributed by atoms with Crippen molar-refractivity contribution in [3.8, 4) is 11.5 Å². The Morgan fingerprint density at radius 1 is 1.29 bits per heavy atom. The largest absolute Gasteiger partial charge is 0.493 e. The molecule has 0 amide bonds. The van der Waals surface area contributed by atoms with Crippen molar-refractivity contribution in [1.29, 1.82) is 0 Å². The maximum absolute atomic E-state index is 8.74. The van der Waals surface area contributed by atoms with Crippen LogP contribution in [0.4, 0.5) is 0 Å². The Bertz CT molecular complexity index is 284. The van der Waals surface area contributed by atoms with E-state index in [1.807, 2.05) is 6.07 Å². The molecule has 0 unspecified atom stereocenters. The summed E-state index contributed by atoms with van der Waals surface area (Å²) in [5.74, 6) is 1.42. The van der Waals surface area contributed by atoms with Gasteiger partial charge in [0.2, 0.25) is 0 Å². The Morgan fingerprint density at radius 2 is 2.07 bits per heavy atom. The molecule has 0 heterocycles. The maximum atomic E-state index is 8.74. The third-order valence-corrected chi connectivity index (χ3v) is 2.02. The van der Waals surface area contributed by atoms with Crippen molar-refractivity contribution >= 4 is 0 Å². The zero-order valence-corrected chi connectivity index (χ0v) is 8.54. The monoisotopic (exact) mass is 195 g/mol. The molecule has 0 fully saturated rings. The van der Waals surface area contributed by atoms with Crippen LogP contribution in [0.2, 0.25) is 0 Å². The molecule has 1 rings (SSSR count). The maximum Gasteiger partial charge on any atom is 0.163 e. The summed E-state index contributed by atoms with van der Waals surface area (Å²) >= 11 is 0. The fraction of sp³-hybridized carbons (Fsp3) is 0.455. The summed E-state index contributed by atoms with van der Waals surface area (Å²) in [6.45, 7) is 0.181. The van der Waals surface area contributed by atoms with Gasteiger partial charge >= 0.3 is 0 Å².